The van der Waals surface area contributed by atoms with Crippen molar-refractivity contribution >= 4 is 11.8 Å². The lowest BCUT2D eigenvalue weighted by Crippen LogP contribution is -2.39. The van der Waals surface area contributed by atoms with Crippen LogP contribution in [0.5, 0.6) is 0 Å². The molecule has 1 N–H and O–H groups in total. The topological polar surface area (TPSA) is 62.3 Å². The third kappa shape index (κ3) is 5.83. The van der Waals surface area contributed by atoms with E-state index in [9.17, 15) is 9.59 Å². The SMILES string of the molecule is Cc1ccc(CC(=O)NCC(=O)N(C)CCc2ccncc2)cc1. The Hall–Kier alpha value is -2.69. The fraction of sp³-hybridized carbons (Fsp3) is 0.316. The van der Waals surface area contributed by atoms with Crippen LogP contribution in [0.2, 0.25) is 0 Å². The minimum absolute atomic E-state index is 0.0253. The molecule has 5 heteroatoms. The Labute approximate surface area is 142 Å². The lowest BCUT2D eigenvalue weighted by atomic mass is 10.1. The molecule has 0 atom stereocenters. The zero-order valence-electron chi connectivity index (χ0n) is 14.2. The molecule has 0 aliphatic heterocycles. The highest BCUT2D eigenvalue weighted by molar-refractivity contribution is 5.85. The highest BCUT2D eigenvalue weighted by Crippen LogP contribution is 2.03. The van der Waals surface area contributed by atoms with Gasteiger partial charge in [-0.1, -0.05) is 29.8 Å². The number of aromatic nitrogens is 1. The van der Waals surface area contributed by atoms with E-state index in [-0.39, 0.29) is 24.8 Å². The molecule has 2 rings (SSSR count). The summed E-state index contributed by atoms with van der Waals surface area (Å²) >= 11 is 0. The van der Waals surface area contributed by atoms with Crippen molar-refractivity contribution < 1.29 is 9.59 Å². The van der Waals surface area contributed by atoms with E-state index in [0.29, 0.717) is 6.54 Å². The normalized spacial score (nSPS) is 10.2. The Morgan fingerprint density at radius 3 is 2.38 bits per heavy atom. The maximum absolute atomic E-state index is 12.1. The Kier molecular flexibility index (Phi) is 6.49. The fourth-order valence-electron chi connectivity index (χ4n) is 2.23. The van der Waals surface area contributed by atoms with Crippen molar-refractivity contribution in [3.63, 3.8) is 0 Å². The lowest BCUT2D eigenvalue weighted by Gasteiger charge is -2.17. The van der Waals surface area contributed by atoms with E-state index >= 15 is 0 Å². The molecule has 5 nitrogen and oxygen atoms in total. The van der Waals surface area contributed by atoms with Crippen LogP contribution in [0.25, 0.3) is 0 Å². The molecule has 1 aromatic carbocycles. The van der Waals surface area contributed by atoms with E-state index in [1.807, 2.05) is 43.3 Å². The maximum atomic E-state index is 12.1. The van der Waals surface area contributed by atoms with Crippen molar-refractivity contribution in [2.24, 2.45) is 0 Å². The predicted octanol–water partition coefficient (Wildman–Crippen LogP) is 1.75. The minimum Gasteiger partial charge on any atom is -0.347 e. The van der Waals surface area contributed by atoms with Crippen molar-refractivity contribution in [3.8, 4) is 0 Å². The lowest BCUT2D eigenvalue weighted by molar-refractivity contribution is -0.131. The van der Waals surface area contributed by atoms with Gasteiger partial charge < -0.3 is 10.2 Å². The van der Waals surface area contributed by atoms with Gasteiger partial charge >= 0.3 is 0 Å². The van der Waals surface area contributed by atoms with Crippen molar-refractivity contribution in [2.75, 3.05) is 20.1 Å². The Morgan fingerprint density at radius 2 is 1.71 bits per heavy atom. The molecule has 2 amide bonds. The summed E-state index contributed by atoms with van der Waals surface area (Å²) in [5.74, 6) is -0.240. The van der Waals surface area contributed by atoms with Gasteiger partial charge in [0.15, 0.2) is 0 Å². The third-order valence-corrected chi connectivity index (χ3v) is 3.83. The van der Waals surface area contributed by atoms with Crippen LogP contribution in [0.3, 0.4) is 0 Å². The highest BCUT2D eigenvalue weighted by atomic mass is 16.2. The van der Waals surface area contributed by atoms with Crippen molar-refractivity contribution in [1.29, 1.82) is 0 Å². The molecule has 0 aliphatic rings. The summed E-state index contributed by atoms with van der Waals surface area (Å²) in [4.78, 5) is 29.6. The average molecular weight is 325 g/mol. The number of likely N-dealkylation sites (N-methyl/N-ethyl adjacent to an activating group) is 1. The van der Waals surface area contributed by atoms with Gasteiger partial charge in [0.05, 0.1) is 13.0 Å². The zero-order valence-corrected chi connectivity index (χ0v) is 14.2. The van der Waals surface area contributed by atoms with E-state index in [2.05, 4.69) is 10.3 Å². The number of rotatable bonds is 7. The number of pyridine rings is 1. The summed E-state index contributed by atoms with van der Waals surface area (Å²) in [5.41, 5.74) is 3.23. The highest BCUT2D eigenvalue weighted by Gasteiger charge is 2.11. The Bertz CT molecular complexity index is 669. The number of carbonyl (C=O) groups is 2. The summed E-state index contributed by atoms with van der Waals surface area (Å²) in [5, 5.41) is 2.68. The molecule has 0 radical (unpaired) electrons. The first kappa shape index (κ1) is 17.7. The first-order chi connectivity index (χ1) is 11.5. The summed E-state index contributed by atoms with van der Waals surface area (Å²) in [6.45, 7) is 2.64. The van der Waals surface area contributed by atoms with Gasteiger partial charge in [-0.2, -0.15) is 0 Å². The summed E-state index contributed by atoms with van der Waals surface area (Å²) < 4.78 is 0. The molecule has 24 heavy (non-hydrogen) atoms. The second-order valence-corrected chi connectivity index (χ2v) is 5.86. The second-order valence-electron chi connectivity index (χ2n) is 5.86. The molecule has 0 spiro atoms. The second kappa shape index (κ2) is 8.82. The summed E-state index contributed by atoms with van der Waals surface area (Å²) in [6.07, 6.45) is 4.53. The van der Waals surface area contributed by atoms with Gasteiger partial charge in [0.1, 0.15) is 0 Å². The van der Waals surface area contributed by atoms with Crippen molar-refractivity contribution in [1.82, 2.24) is 15.2 Å². The van der Waals surface area contributed by atoms with Crippen LogP contribution in [-0.2, 0) is 22.4 Å². The number of aryl methyl sites for hydroxylation is 1. The van der Waals surface area contributed by atoms with Crippen LogP contribution in [0.4, 0.5) is 0 Å². The van der Waals surface area contributed by atoms with Gasteiger partial charge in [-0.15, -0.1) is 0 Å². The average Bonchev–Trinajstić information content (AvgIpc) is 2.60. The fourth-order valence-corrected chi connectivity index (χ4v) is 2.23. The summed E-state index contributed by atoms with van der Waals surface area (Å²) in [7, 11) is 1.75. The number of nitrogens with one attached hydrogen (secondary N) is 1. The third-order valence-electron chi connectivity index (χ3n) is 3.83. The monoisotopic (exact) mass is 325 g/mol. The van der Waals surface area contributed by atoms with E-state index in [4.69, 9.17) is 0 Å². The van der Waals surface area contributed by atoms with E-state index in [0.717, 1.165) is 23.1 Å². The van der Waals surface area contributed by atoms with Crippen LogP contribution in [0.1, 0.15) is 16.7 Å². The quantitative estimate of drug-likeness (QED) is 0.843. The first-order valence-electron chi connectivity index (χ1n) is 7.99. The number of hydrogen-bond donors (Lipinski definition) is 1. The van der Waals surface area contributed by atoms with Crippen molar-refractivity contribution in [2.45, 2.75) is 19.8 Å². The van der Waals surface area contributed by atoms with Gasteiger partial charge in [-0.3, -0.25) is 14.6 Å². The van der Waals surface area contributed by atoms with Gasteiger partial charge in [-0.25, -0.2) is 0 Å². The molecular formula is C19H23N3O2. The van der Waals surface area contributed by atoms with Gasteiger partial charge in [-0.05, 0) is 36.6 Å². The molecule has 1 aromatic heterocycles. The van der Waals surface area contributed by atoms with E-state index < -0.39 is 0 Å². The Balaban J connectivity index is 1.71. The van der Waals surface area contributed by atoms with E-state index in [1.165, 1.54) is 0 Å². The number of benzene rings is 1. The van der Waals surface area contributed by atoms with Gasteiger partial charge in [0.25, 0.3) is 0 Å². The largest absolute Gasteiger partial charge is 0.347 e. The molecule has 0 unspecified atom stereocenters. The number of carbonyl (C=O) groups excluding carboxylic acids is 2. The number of nitrogens with zero attached hydrogens (tertiary/aromatic N) is 2. The molecule has 126 valence electrons. The number of hydrogen-bond acceptors (Lipinski definition) is 3. The molecule has 0 saturated heterocycles. The molecule has 0 fully saturated rings. The molecule has 2 aromatic rings. The van der Waals surface area contributed by atoms with Gasteiger partial charge in [0, 0.05) is 26.0 Å². The van der Waals surface area contributed by atoms with Crippen LogP contribution in [0.15, 0.2) is 48.8 Å². The minimum atomic E-state index is -0.144. The predicted molar refractivity (Wildman–Crippen MR) is 93.5 cm³/mol. The molecule has 1 heterocycles. The Morgan fingerprint density at radius 1 is 1.04 bits per heavy atom. The molecule has 0 bridgehead atoms. The van der Waals surface area contributed by atoms with Gasteiger partial charge in [0.2, 0.25) is 11.8 Å². The zero-order chi connectivity index (χ0) is 17.4. The first-order valence-corrected chi connectivity index (χ1v) is 7.99. The molecule has 0 saturated carbocycles. The molecular weight excluding hydrogens is 302 g/mol. The standard InChI is InChI=1S/C19H23N3O2/c1-15-3-5-17(6-4-15)13-18(23)21-14-19(24)22(2)12-9-16-7-10-20-11-8-16/h3-8,10-11H,9,12-14H2,1-2H3,(H,21,23). The summed E-state index contributed by atoms with van der Waals surface area (Å²) in [6, 6.07) is 11.7. The smallest absolute Gasteiger partial charge is 0.241 e. The van der Waals surface area contributed by atoms with E-state index in [1.54, 1.807) is 24.3 Å². The van der Waals surface area contributed by atoms with Crippen LogP contribution < -0.4 is 5.32 Å². The number of amides is 2. The van der Waals surface area contributed by atoms with Crippen LogP contribution in [0, 0.1) is 6.92 Å². The molecule has 0 aliphatic carbocycles. The van der Waals surface area contributed by atoms with Crippen LogP contribution >= 0.6 is 0 Å². The van der Waals surface area contributed by atoms with Crippen LogP contribution in [-0.4, -0.2) is 41.8 Å². The maximum Gasteiger partial charge on any atom is 0.241 e. The van der Waals surface area contributed by atoms with Crippen molar-refractivity contribution in [3.05, 3.63) is 65.5 Å².